The van der Waals surface area contributed by atoms with E-state index in [1.165, 1.54) is 49.1 Å². The van der Waals surface area contributed by atoms with Crippen LogP contribution in [0.25, 0.3) is 0 Å². The zero-order chi connectivity index (χ0) is 15.8. The number of fused-ring (bicyclic) bond motifs is 3. The first-order chi connectivity index (χ1) is 11.2. The van der Waals surface area contributed by atoms with Crippen molar-refractivity contribution in [1.29, 1.82) is 0 Å². The maximum Gasteiger partial charge on any atom is 0.229 e. The topological polar surface area (TPSA) is 68.0 Å². The maximum absolute atomic E-state index is 12.7. The van der Waals surface area contributed by atoms with Gasteiger partial charge in [-0.05, 0) is 63.2 Å². The van der Waals surface area contributed by atoms with Crippen LogP contribution in [0.2, 0.25) is 0 Å². The van der Waals surface area contributed by atoms with E-state index < -0.39 is 0 Å². The first-order valence-electron chi connectivity index (χ1n) is 9.25. The fraction of sp³-hybridized carbons (Fsp3) is 0.778. The Labute approximate surface area is 154 Å². The van der Waals surface area contributed by atoms with Gasteiger partial charge in [0.05, 0.1) is 5.69 Å². The van der Waals surface area contributed by atoms with Gasteiger partial charge in [0, 0.05) is 16.8 Å². The molecule has 2 atom stereocenters. The number of amides is 1. The lowest BCUT2D eigenvalue weighted by Gasteiger charge is -2.43. The Hall–Kier alpha value is -0.650. The second-order valence-corrected chi connectivity index (χ2v) is 8.72. The summed E-state index contributed by atoms with van der Waals surface area (Å²) < 4.78 is 0. The van der Waals surface area contributed by atoms with E-state index >= 15 is 0 Å². The Morgan fingerprint density at radius 2 is 1.79 bits per heavy atom. The third kappa shape index (κ3) is 3.63. The minimum Gasteiger partial charge on any atom is -0.327 e. The van der Waals surface area contributed by atoms with Crippen LogP contribution >= 0.6 is 23.7 Å². The maximum atomic E-state index is 12.7. The first kappa shape index (κ1) is 18.2. The molecule has 2 bridgehead atoms. The third-order valence-corrected chi connectivity index (χ3v) is 7.18. The average Bonchev–Trinajstić information content (AvgIpc) is 2.75. The van der Waals surface area contributed by atoms with Crippen molar-refractivity contribution in [3.8, 4) is 0 Å². The normalized spacial score (nSPS) is 32.2. The molecule has 3 N–H and O–H groups in total. The average molecular weight is 370 g/mol. The quantitative estimate of drug-likeness (QED) is 0.776. The molecule has 1 aromatic heterocycles. The number of anilines is 1. The number of hydrogen-bond donors (Lipinski definition) is 2. The molecule has 0 aromatic carbocycles. The predicted octanol–water partition coefficient (Wildman–Crippen LogP) is 3.93. The Kier molecular flexibility index (Phi) is 5.83. The molecule has 6 heteroatoms. The zero-order valence-electron chi connectivity index (χ0n) is 14.1. The van der Waals surface area contributed by atoms with E-state index in [4.69, 9.17) is 10.7 Å². The summed E-state index contributed by atoms with van der Waals surface area (Å²) in [6.45, 7) is 0. The second kappa shape index (κ2) is 7.71. The SMILES string of the molecule is Cl.NC1C2CCCC1CC(C(=O)Nc1nc3c(s1)CCCCC3)C2. The van der Waals surface area contributed by atoms with Crippen molar-refractivity contribution in [1.82, 2.24) is 4.98 Å². The van der Waals surface area contributed by atoms with Gasteiger partial charge in [-0.1, -0.05) is 12.8 Å². The smallest absolute Gasteiger partial charge is 0.229 e. The van der Waals surface area contributed by atoms with Crippen molar-refractivity contribution in [2.24, 2.45) is 23.5 Å². The number of nitrogens with one attached hydrogen (secondary N) is 1. The molecule has 0 aliphatic heterocycles. The number of rotatable bonds is 2. The summed E-state index contributed by atoms with van der Waals surface area (Å²) >= 11 is 1.70. The highest BCUT2D eigenvalue weighted by atomic mass is 35.5. The standard InChI is InChI=1S/C18H27N3OS.ClH/c19-16-11-5-4-6-12(16)10-13(9-11)17(22)21-18-20-14-7-2-1-3-8-15(14)23-18;/h11-13,16H,1-10,19H2,(H,20,21,22);1H. The van der Waals surface area contributed by atoms with Crippen molar-refractivity contribution in [2.75, 3.05) is 5.32 Å². The summed E-state index contributed by atoms with van der Waals surface area (Å²) in [5.74, 6) is 1.41. The summed E-state index contributed by atoms with van der Waals surface area (Å²) in [5.41, 5.74) is 7.57. The number of aromatic nitrogens is 1. The van der Waals surface area contributed by atoms with Crippen LogP contribution in [0.1, 0.15) is 61.9 Å². The third-order valence-electron chi connectivity index (χ3n) is 6.11. The summed E-state index contributed by atoms with van der Waals surface area (Å²) in [7, 11) is 0. The number of nitrogens with zero attached hydrogens (tertiary/aromatic N) is 1. The van der Waals surface area contributed by atoms with Crippen LogP contribution in [0.5, 0.6) is 0 Å². The van der Waals surface area contributed by atoms with E-state index in [1.54, 1.807) is 11.3 Å². The van der Waals surface area contributed by atoms with Gasteiger partial charge in [0.15, 0.2) is 5.13 Å². The molecule has 134 valence electrons. The molecule has 1 amide bonds. The number of nitrogens with two attached hydrogens (primary N) is 1. The van der Waals surface area contributed by atoms with Crippen molar-refractivity contribution in [3.63, 3.8) is 0 Å². The Morgan fingerprint density at radius 3 is 2.54 bits per heavy atom. The van der Waals surface area contributed by atoms with E-state index in [-0.39, 0.29) is 24.2 Å². The number of carbonyl (C=O) groups is 1. The lowest BCUT2D eigenvalue weighted by Crippen LogP contribution is -2.48. The molecule has 0 radical (unpaired) electrons. The molecule has 1 aromatic rings. The molecule has 3 aliphatic rings. The fourth-order valence-corrected chi connectivity index (χ4v) is 5.85. The van der Waals surface area contributed by atoms with Crippen molar-refractivity contribution >= 4 is 34.8 Å². The number of thiazole rings is 1. The molecular formula is C18H28ClN3OS. The van der Waals surface area contributed by atoms with Crippen LogP contribution in [-0.2, 0) is 17.6 Å². The molecule has 4 nitrogen and oxygen atoms in total. The van der Waals surface area contributed by atoms with Crippen LogP contribution in [0, 0.1) is 17.8 Å². The highest BCUT2D eigenvalue weighted by Crippen LogP contribution is 2.42. The molecule has 1 heterocycles. The van der Waals surface area contributed by atoms with Gasteiger partial charge in [-0.3, -0.25) is 4.79 Å². The fourth-order valence-electron chi connectivity index (χ4n) is 4.79. The molecule has 0 spiro atoms. The summed E-state index contributed by atoms with van der Waals surface area (Å²) in [6.07, 6.45) is 11.6. The van der Waals surface area contributed by atoms with Crippen LogP contribution < -0.4 is 11.1 Å². The molecule has 24 heavy (non-hydrogen) atoms. The van der Waals surface area contributed by atoms with E-state index in [2.05, 4.69) is 5.32 Å². The van der Waals surface area contributed by atoms with Gasteiger partial charge >= 0.3 is 0 Å². The summed E-state index contributed by atoms with van der Waals surface area (Å²) in [4.78, 5) is 18.8. The molecule has 3 aliphatic carbocycles. The van der Waals surface area contributed by atoms with Gasteiger partial charge in [-0.25, -0.2) is 4.98 Å². The Balaban J connectivity index is 0.00000169. The van der Waals surface area contributed by atoms with Crippen molar-refractivity contribution in [2.45, 2.75) is 70.3 Å². The Bertz CT molecular complexity index is 553. The second-order valence-electron chi connectivity index (χ2n) is 7.64. The minimum absolute atomic E-state index is 0. The highest BCUT2D eigenvalue weighted by Gasteiger charge is 2.40. The number of hydrogen-bond acceptors (Lipinski definition) is 4. The van der Waals surface area contributed by atoms with E-state index in [9.17, 15) is 4.79 Å². The van der Waals surface area contributed by atoms with Gasteiger partial charge in [-0.15, -0.1) is 23.7 Å². The van der Waals surface area contributed by atoms with Crippen LogP contribution in [-0.4, -0.2) is 16.9 Å². The predicted molar refractivity (Wildman–Crippen MR) is 101 cm³/mol. The van der Waals surface area contributed by atoms with Gasteiger partial charge < -0.3 is 11.1 Å². The molecule has 0 saturated heterocycles. The molecular weight excluding hydrogens is 342 g/mol. The monoisotopic (exact) mass is 369 g/mol. The largest absolute Gasteiger partial charge is 0.327 e. The Morgan fingerprint density at radius 1 is 1.08 bits per heavy atom. The van der Waals surface area contributed by atoms with Crippen LogP contribution in [0.3, 0.4) is 0 Å². The number of aryl methyl sites for hydroxylation is 2. The summed E-state index contributed by atoms with van der Waals surface area (Å²) in [6, 6.07) is 0.323. The lowest BCUT2D eigenvalue weighted by atomic mass is 9.65. The van der Waals surface area contributed by atoms with E-state index in [0.29, 0.717) is 17.9 Å². The number of halogens is 1. The summed E-state index contributed by atoms with van der Waals surface area (Å²) in [5, 5.41) is 3.94. The minimum atomic E-state index is 0. The molecule has 2 unspecified atom stereocenters. The van der Waals surface area contributed by atoms with Gasteiger partial charge in [0.2, 0.25) is 5.91 Å². The lowest BCUT2D eigenvalue weighted by molar-refractivity contribution is -0.122. The highest BCUT2D eigenvalue weighted by molar-refractivity contribution is 7.15. The molecule has 2 fully saturated rings. The van der Waals surface area contributed by atoms with Gasteiger partial charge in [0.25, 0.3) is 0 Å². The molecule has 2 saturated carbocycles. The number of carbonyl (C=O) groups excluding carboxylic acids is 1. The van der Waals surface area contributed by atoms with Crippen molar-refractivity contribution < 1.29 is 4.79 Å². The van der Waals surface area contributed by atoms with Crippen LogP contribution in [0.15, 0.2) is 0 Å². The zero-order valence-corrected chi connectivity index (χ0v) is 15.8. The van der Waals surface area contributed by atoms with Crippen LogP contribution in [0.4, 0.5) is 5.13 Å². The molecule has 4 rings (SSSR count). The van der Waals surface area contributed by atoms with E-state index in [1.807, 2.05) is 0 Å². The van der Waals surface area contributed by atoms with Crippen molar-refractivity contribution in [3.05, 3.63) is 10.6 Å². The van der Waals surface area contributed by atoms with Gasteiger partial charge in [-0.2, -0.15) is 0 Å². The van der Waals surface area contributed by atoms with Gasteiger partial charge in [0.1, 0.15) is 0 Å². The van der Waals surface area contributed by atoms with E-state index in [0.717, 1.165) is 30.8 Å². The first-order valence-corrected chi connectivity index (χ1v) is 10.1.